The number of carbonyl (C=O) groups is 1. The van der Waals surface area contributed by atoms with Crippen molar-refractivity contribution in [2.24, 2.45) is 7.05 Å². The monoisotopic (exact) mass is 280 g/mol. The summed E-state index contributed by atoms with van der Waals surface area (Å²) in [6, 6.07) is 0.498. The Kier molecular flexibility index (Phi) is 5.40. The number of ether oxygens (including phenoxy) is 1. The molecule has 0 bridgehead atoms. The molecular formula is C14H24N4O2. The van der Waals surface area contributed by atoms with E-state index in [4.69, 9.17) is 4.74 Å². The smallest absolute Gasteiger partial charge is 0.409 e. The Morgan fingerprint density at radius 3 is 2.85 bits per heavy atom. The third kappa shape index (κ3) is 4.23. The fraction of sp³-hybridized carbons (Fsp3) is 0.714. The molecule has 1 aromatic rings. The van der Waals surface area contributed by atoms with Gasteiger partial charge in [-0.25, -0.2) is 4.79 Å². The summed E-state index contributed by atoms with van der Waals surface area (Å²) in [4.78, 5) is 13.4. The van der Waals surface area contributed by atoms with E-state index in [9.17, 15) is 4.79 Å². The second-order valence-electron chi connectivity index (χ2n) is 5.19. The van der Waals surface area contributed by atoms with E-state index < -0.39 is 0 Å². The Hall–Kier alpha value is -1.56. The first-order valence-electron chi connectivity index (χ1n) is 7.31. The van der Waals surface area contributed by atoms with Crippen LogP contribution in [0.3, 0.4) is 0 Å². The van der Waals surface area contributed by atoms with E-state index >= 15 is 0 Å². The number of nitrogens with one attached hydrogen (secondary N) is 1. The van der Waals surface area contributed by atoms with Crippen molar-refractivity contribution in [3.63, 3.8) is 0 Å². The molecule has 1 aliphatic heterocycles. The van der Waals surface area contributed by atoms with Gasteiger partial charge < -0.3 is 15.0 Å². The largest absolute Gasteiger partial charge is 0.450 e. The van der Waals surface area contributed by atoms with E-state index in [0.29, 0.717) is 12.6 Å². The van der Waals surface area contributed by atoms with Crippen LogP contribution in [-0.2, 0) is 18.2 Å². The van der Waals surface area contributed by atoms with Crippen molar-refractivity contribution in [2.75, 3.05) is 26.2 Å². The van der Waals surface area contributed by atoms with Crippen molar-refractivity contribution in [3.05, 3.63) is 18.0 Å². The molecule has 1 N–H and O–H groups in total. The molecule has 0 atom stereocenters. The Morgan fingerprint density at radius 1 is 1.50 bits per heavy atom. The summed E-state index contributed by atoms with van der Waals surface area (Å²) in [5, 5.41) is 7.71. The highest BCUT2D eigenvalue weighted by molar-refractivity contribution is 5.67. The Labute approximate surface area is 120 Å². The van der Waals surface area contributed by atoms with Crippen molar-refractivity contribution in [3.8, 4) is 0 Å². The lowest BCUT2D eigenvalue weighted by Gasteiger charge is -2.31. The Bertz CT molecular complexity index is 425. The molecule has 1 fully saturated rings. The first kappa shape index (κ1) is 14.8. The molecule has 0 radical (unpaired) electrons. The number of aryl methyl sites for hydroxylation is 1. The molecule has 0 saturated carbocycles. The predicted molar refractivity (Wildman–Crippen MR) is 76.5 cm³/mol. The van der Waals surface area contributed by atoms with E-state index in [2.05, 4.69) is 10.4 Å². The molecule has 6 heteroatoms. The van der Waals surface area contributed by atoms with Gasteiger partial charge in [0.05, 0.1) is 12.8 Å². The van der Waals surface area contributed by atoms with Gasteiger partial charge in [0.15, 0.2) is 0 Å². The van der Waals surface area contributed by atoms with E-state index in [0.717, 1.165) is 38.9 Å². The minimum absolute atomic E-state index is 0.179. The maximum absolute atomic E-state index is 11.6. The number of rotatable bonds is 5. The number of aromatic nitrogens is 2. The zero-order valence-electron chi connectivity index (χ0n) is 12.3. The van der Waals surface area contributed by atoms with Gasteiger partial charge in [-0.15, -0.1) is 0 Å². The first-order chi connectivity index (χ1) is 9.69. The summed E-state index contributed by atoms with van der Waals surface area (Å²) in [5.74, 6) is 0. The molecule has 1 saturated heterocycles. The number of piperidine rings is 1. The van der Waals surface area contributed by atoms with Gasteiger partial charge in [0, 0.05) is 32.4 Å². The molecule has 112 valence electrons. The van der Waals surface area contributed by atoms with Crippen molar-refractivity contribution in [2.45, 2.75) is 32.2 Å². The van der Waals surface area contributed by atoms with Crippen LogP contribution in [-0.4, -0.2) is 53.1 Å². The van der Waals surface area contributed by atoms with Gasteiger partial charge in [-0.1, -0.05) is 0 Å². The van der Waals surface area contributed by atoms with Crippen LogP contribution in [0, 0.1) is 0 Å². The number of amides is 1. The zero-order chi connectivity index (χ0) is 14.4. The lowest BCUT2D eigenvalue weighted by Crippen LogP contribution is -2.45. The van der Waals surface area contributed by atoms with E-state index in [1.807, 2.05) is 31.0 Å². The highest BCUT2D eigenvalue weighted by Gasteiger charge is 2.22. The summed E-state index contributed by atoms with van der Waals surface area (Å²) in [7, 11) is 1.93. The maximum atomic E-state index is 11.6. The van der Waals surface area contributed by atoms with Gasteiger partial charge in [0.2, 0.25) is 0 Å². The maximum Gasteiger partial charge on any atom is 0.409 e. The lowest BCUT2D eigenvalue weighted by molar-refractivity contribution is 0.0952. The van der Waals surface area contributed by atoms with Crippen LogP contribution >= 0.6 is 0 Å². The van der Waals surface area contributed by atoms with Crippen molar-refractivity contribution < 1.29 is 9.53 Å². The zero-order valence-corrected chi connectivity index (χ0v) is 12.3. The van der Waals surface area contributed by atoms with Crippen LogP contribution in [0.15, 0.2) is 12.4 Å². The average molecular weight is 280 g/mol. The number of hydrogen-bond acceptors (Lipinski definition) is 4. The fourth-order valence-electron chi connectivity index (χ4n) is 2.50. The molecule has 0 unspecified atom stereocenters. The molecule has 6 nitrogen and oxygen atoms in total. The van der Waals surface area contributed by atoms with E-state index in [1.54, 1.807) is 4.90 Å². The van der Waals surface area contributed by atoms with Crippen molar-refractivity contribution in [1.29, 1.82) is 0 Å². The van der Waals surface area contributed by atoms with Crippen molar-refractivity contribution >= 4 is 6.09 Å². The van der Waals surface area contributed by atoms with Gasteiger partial charge in [0.1, 0.15) is 0 Å². The topological polar surface area (TPSA) is 59.4 Å². The van der Waals surface area contributed by atoms with Gasteiger partial charge in [-0.2, -0.15) is 5.10 Å². The molecule has 1 amide bonds. The van der Waals surface area contributed by atoms with E-state index in [-0.39, 0.29) is 6.09 Å². The number of carbonyl (C=O) groups excluding carboxylic acids is 1. The fourth-order valence-corrected chi connectivity index (χ4v) is 2.50. The average Bonchev–Trinajstić information content (AvgIpc) is 2.85. The van der Waals surface area contributed by atoms with Gasteiger partial charge in [-0.3, -0.25) is 4.68 Å². The number of nitrogens with zero attached hydrogens (tertiary/aromatic N) is 3. The van der Waals surface area contributed by atoms with E-state index in [1.165, 1.54) is 5.56 Å². The summed E-state index contributed by atoms with van der Waals surface area (Å²) in [6.07, 6.45) is 6.75. The summed E-state index contributed by atoms with van der Waals surface area (Å²) in [5.41, 5.74) is 1.25. The summed E-state index contributed by atoms with van der Waals surface area (Å²) in [6.45, 7) is 4.80. The molecule has 0 aliphatic carbocycles. The molecule has 1 aliphatic rings. The summed E-state index contributed by atoms with van der Waals surface area (Å²) >= 11 is 0. The highest BCUT2D eigenvalue weighted by Crippen LogP contribution is 2.11. The Balaban J connectivity index is 1.63. The second kappa shape index (κ2) is 7.28. The third-order valence-electron chi connectivity index (χ3n) is 3.63. The van der Waals surface area contributed by atoms with Crippen LogP contribution in [0.25, 0.3) is 0 Å². The second-order valence-corrected chi connectivity index (χ2v) is 5.19. The lowest BCUT2D eigenvalue weighted by atomic mass is 10.1. The highest BCUT2D eigenvalue weighted by atomic mass is 16.6. The molecule has 0 aromatic carbocycles. The van der Waals surface area contributed by atoms with Crippen molar-refractivity contribution in [1.82, 2.24) is 20.0 Å². The minimum atomic E-state index is -0.179. The molecule has 2 heterocycles. The van der Waals surface area contributed by atoms with Crippen LogP contribution in [0.4, 0.5) is 4.79 Å². The predicted octanol–water partition coefficient (Wildman–Crippen LogP) is 1.17. The molecule has 1 aromatic heterocycles. The molecular weight excluding hydrogens is 256 g/mol. The molecule has 20 heavy (non-hydrogen) atoms. The van der Waals surface area contributed by atoms with Crippen LogP contribution < -0.4 is 5.32 Å². The molecule has 2 rings (SSSR count). The SMILES string of the molecule is CCOC(=O)N1CCC(NCCc2cnn(C)c2)CC1. The third-order valence-corrected chi connectivity index (χ3v) is 3.63. The number of likely N-dealkylation sites (tertiary alicyclic amines) is 1. The minimum Gasteiger partial charge on any atom is -0.450 e. The standard InChI is InChI=1S/C14H24N4O2/c1-3-20-14(19)18-8-5-13(6-9-18)15-7-4-12-10-16-17(2)11-12/h10-11,13,15H,3-9H2,1-2H3. The van der Waals surface area contributed by atoms with Crippen LogP contribution in [0.5, 0.6) is 0 Å². The molecule has 0 spiro atoms. The van der Waals surface area contributed by atoms with Gasteiger partial charge >= 0.3 is 6.09 Å². The quantitative estimate of drug-likeness (QED) is 0.879. The van der Waals surface area contributed by atoms with Gasteiger partial charge in [0.25, 0.3) is 0 Å². The first-order valence-corrected chi connectivity index (χ1v) is 7.31. The Morgan fingerprint density at radius 2 is 2.25 bits per heavy atom. The van der Waals surface area contributed by atoms with Crippen LogP contribution in [0.1, 0.15) is 25.3 Å². The van der Waals surface area contributed by atoms with Crippen LogP contribution in [0.2, 0.25) is 0 Å². The summed E-state index contributed by atoms with van der Waals surface area (Å²) < 4.78 is 6.84. The number of hydrogen-bond donors (Lipinski definition) is 1. The normalized spacial score (nSPS) is 16.4. The van der Waals surface area contributed by atoms with Gasteiger partial charge in [-0.05, 0) is 38.3 Å².